The minimum absolute atomic E-state index is 0.299. The zero-order valence-corrected chi connectivity index (χ0v) is 14.6. The number of hydrogen-bond donors (Lipinski definition) is 0. The van der Waals surface area contributed by atoms with Crippen molar-refractivity contribution in [1.82, 2.24) is 9.88 Å². The Morgan fingerprint density at radius 3 is 2.87 bits per heavy atom. The van der Waals surface area contributed by atoms with E-state index in [0.717, 1.165) is 54.0 Å². The number of methoxy groups -OCH3 is 2. The molecule has 0 amide bonds. The van der Waals surface area contributed by atoms with Gasteiger partial charge in [0.25, 0.3) is 0 Å². The van der Waals surface area contributed by atoms with E-state index in [1.54, 1.807) is 25.6 Å². The molecule has 1 aromatic carbocycles. The van der Waals surface area contributed by atoms with Gasteiger partial charge in [0.15, 0.2) is 11.5 Å². The van der Waals surface area contributed by atoms with Crippen molar-refractivity contribution in [3.05, 3.63) is 29.3 Å². The fraction of sp³-hybridized carbons (Fsp3) is 0.471. The summed E-state index contributed by atoms with van der Waals surface area (Å²) in [4.78, 5) is 7.16. The number of nitrogens with zero attached hydrogens (tertiary/aromatic N) is 2. The maximum Gasteiger partial charge on any atom is 0.161 e. The van der Waals surface area contributed by atoms with E-state index in [-0.39, 0.29) is 0 Å². The topological polar surface area (TPSA) is 43.8 Å². The number of rotatable bonds is 5. The van der Waals surface area contributed by atoms with Gasteiger partial charge < -0.3 is 14.2 Å². The zero-order valence-electron chi connectivity index (χ0n) is 13.7. The van der Waals surface area contributed by atoms with Gasteiger partial charge >= 0.3 is 0 Å². The monoisotopic (exact) mass is 334 g/mol. The highest BCUT2D eigenvalue weighted by atomic mass is 32.1. The second-order valence-corrected chi connectivity index (χ2v) is 6.49. The first-order chi connectivity index (χ1) is 11.2. The molecule has 2 aromatic rings. The fourth-order valence-electron chi connectivity index (χ4n) is 2.74. The molecule has 23 heavy (non-hydrogen) atoms. The summed E-state index contributed by atoms with van der Waals surface area (Å²) in [7, 11) is 3.29. The molecule has 0 aliphatic carbocycles. The summed E-state index contributed by atoms with van der Waals surface area (Å²) >= 11 is 1.66. The Labute approximate surface area is 140 Å². The van der Waals surface area contributed by atoms with Gasteiger partial charge in [-0.05, 0) is 25.1 Å². The van der Waals surface area contributed by atoms with Crippen molar-refractivity contribution in [3.8, 4) is 22.1 Å². The van der Waals surface area contributed by atoms with Gasteiger partial charge in [0, 0.05) is 30.6 Å². The maximum atomic E-state index is 5.58. The van der Waals surface area contributed by atoms with E-state index in [1.807, 2.05) is 18.2 Å². The van der Waals surface area contributed by atoms with Gasteiger partial charge in [-0.25, -0.2) is 4.98 Å². The molecule has 0 N–H and O–H groups in total. The molecule has 1 aliphatic heterocycles. The standard InChI is InChI=1S/C17H22N2O3S/c1-12-9-19(6-7-22-12)10-14-11-23-17(18-14)13-4-5-15(20-2)16(8-13)21-3/h4-5,8,11-12H,6-7,9-10H2,1-3H3. The normalized spacial score (nSPS) is 18.8. The van der Waals surface area contributed by atoms with E-state index >= 15 is 0 Å². The first-order valence-corrected chi connectivity index (χ1v) is 8.58. The number of benzene rings is 1. The van der Waals surface area contributed by atoms with Crippen LogP contribution in [-0.4, -0.2) is 49.9 Å². The van der Waals surface area contributed by atoms with Crippen molar-refractivity contribution in [1.29, 1.82) is 0 Å². The third kappa shape index (κ3) is 3.83. The first-order valence-electron chi connectivity index (χ1n) is 7.70. The fourth-order valence-corrected chi connectivity index (χ4v) is 3.55. The van der Waals surface area contributed by atoms with Gasteiger partial charge in [0.1, 0.15) is 5.01 Å². The van der Waals surface area contributed by atoms with Crippen LogP contribution in [0, 0.1) is 0 Å². The highest BCUT2D eigenvalue weighted by molar-refractivity contribution is 7.13. The van der Waals surface area contributed by atoms with E-state index in [9.17, 15) is 0 Å². The van der Waals surface area contributed by atoms with Gasteiger partial charge in [-0.1, -0.05) is 0 Å². The van der Waals surface area contributed by atoms with E-state index < -0.39 is 0 Å². The van der Waals surface area contributed by atoms with E-state index in [2.05, 4.69) is 17.2 Å². The molecule has 1 atom stereocenters. The molecule has 3 rings (SSSR count). The van der Waals surface area contributed by atoms with Gasteiger partial charge in [0.05, 0.1) is 32.6 Å². The van der Waals surface area contributed by atoms with Gasteiger partial charge in [-0.2, -0.15) is 0 Å². The van der Waals surface area contributed by atoms with Crippen LogP contribution >= 0.6 is 11.3 Å². The minimum atomic E-state index is 0.299. The first kappa shape index (κ1) is 16.2. The highest BCUT2D eigenvalue weighted by Crippen LogP contribution is 2.33. The minimum Gasteiger partial charge on any atom is -0.493 e. The predicted octanol–water partition coefficient (Wildman–Crippen LogP) is 3.05. The molecular weight excluding hydrogens is 312 g/mol. The molecule has 1 aromatic heterocycles. The summed E-state index contributed by atoms with van der Waals surface area (Å²) in [6.07, 6.45) is 0.299. The number of hydrogen-bond acceptors (Lipinski definition) is 6. The SMILES string of the molecule is COc1ccc(-c2nc(CN3CCOC(C)C3)cs2)cc1OC. The van der Waals surface area contributed by atoms with E-state index in [4.69, 9.17) is 19.2 Å². The molecule has 6 heteroatoms. The largest absolute Gasteiger partial charge is 0.493 e. The highest BCUT2D eigenvalue weighted by Gasteiger charge is 2.18. The lowest BCUT2D eigenvalue weighted by Crippen LogP contribution is -2.40. The summed E-state index contributed by atoms with van der Waals surface area (Å²) < 4.78 is 16.2. The van der Waals surface area contributed by atoms with Gasteiger partial charge in [0.2, 0.25) is 0 Å². The molecule has 1 fully saturated rings. The Morgan fingerprint density at radius 1 is 1.30 bits per heavy atom. The molecule has 0 radical (unpaired) electrons. The van der Waals surface area contributed by atoms with Crippen LogP contribution in [0.1, 0.15) is 12.6 Å². The number of thiazole rings is 1. The Kier molecular flexibility index (Phi) is 5.15. The molecule has 1 aliphatic rings. The van der Waals surface area contributed by atoms with Crippen LogP contribution in [0.4, 0.5) is 0 Å². The van der Waals surface area contributed by atoms with Crippen molar-refractivity contribution in [2.75, 3.05) is 33.9 Å². The third-order valence-corrected chi connectivity index (χ3v) is 4.83. The molecule has 0 saturated carbocycles. The Balaban J connectivity index is 1.74. The second-order valence-electron chi connectivity index (χ2n) is 5.63. The van der Waals surface area contributed by atoms with Crippen LogP contribution in [-0.2, 0) is 11.3 Å². The molecule has 5 nitrogen and oxygen atoms in total. The lowest BCUT2D eigenvalue weighted by atomic mass is 10.2. The number of aromatic nitrogens is 1. The van der Waals surface area contributed by atoms with Crippen molar-refractivity contribution >= 4 is 11.3 Å². The number of ether oxygens (including phenoxy) is 3. The van der Waals surface area contributed by atoms with Crippen LogP contribution < -0.4 is 9.47 Å². The molecule has 1 unspecified atom stereocenters. The number of morpholine rings is 1. The van der Waals surface area contributed by atoms with Crippen LogP contribution in [0.15, 0.2) is 23.6 Å². The van der Waals surface area contributed by atoms with Gasteiger partial charge in [-0.3, -0.25) is 4.90 Å². The van der Waals surface area contributed by atoms with E-state index in [1.165, 1.54) is 0 Å². The quantitative estimate of drug-likeness (QED) is 0.841. The summed E-state index contributed by atoms with van der Waals surface area (Å²) in [5.74, 6) is 1.46. The summed E-state index contributed by atoms with van der Waals surface area (Å²) in [6, 6.07) is 5.90. The summed E-state index contributed by atoms with van der Waals surface area (Å²) in [5.41, 5.74) is 2.16. The Bertz CT molecular complexity index is 659. The Hall–Kier alpha value is -1.63. The molecule has 2 heterocycles. The average molecular weight is 334 g/mol. The average Bonchev–Trinajstić information content (AvgIpc) is 3.02. The smallest absolute Gasteiger partial charge is 0.161 e. The lowest BCUT2D eigenvalue weighted by Gasteiger charge is -2.30. The van der Waals surface area contributed by atoms with Crippen LogP contribution in [0.3, 0.4) is 0 Å². The zero-order chi connectivity index (χ0) is 16.2. The summed E-state index contributed by atoms with van der Waals surface area (Å²) in [5, 5.41) is 3.13. The second kappa shape index (κ2) is 7.29. The predicted molar refractivity (Wildman–Crippen MR) is 91.3 cm³/mol. The Morgan fingerprint density at radius 2 is 2.13 bits per heavy atom. The lowest BCUT2D eigenvalue weighted by molar-refractivity contribution is -0.0215. The third-order valence-electron chi connectivity index (χ3n) is 3.89. The van der Waals surface area contributed by atoms with Gasteiger partial charge in [-0.15, -0.1) is 11.3 Å². The van der Waals surface area contributed by atoms with Crippen LogP contribution in [0.5, 0.6) is 11.5 Å². The maximum absolute atomic E-state index is 5.58. The van der Waals surface area contributed by atoms with Crippen molar-refractivity contribution < 1.29 is 14.2 Å². The van der Waals surface area contributed by atoms with E-state index in [0.29, 0.717) is 6.10 Å². The van der Waals surface area contributed by atoms with Crippen LogP contribution in [0.2, 0.25) is 0 Å². The van der Waals surface area contributed by atoms with Crippen molar-refractivity contribution in [2.24, 2.45) is 0 Å². The summed E-state index contributed by atoms with van der Waals surface area (Å²) in [6.45, 7) is 5.71. The van der Waals surface area contributed by atoms with Crippen molar-refractivity contribution in [2.45, 2.75) is 19.6 Å². The molecule has 0 bridgehead atoms. The van der Waals surface area contributed by atoms with Crippen molar-refractivity contribution in [3.63, 3.8) is 0 Å². The molecule has 0 spiro atoms. The molecule has 1 saturated heterocycles. The molecule has 124 valence electrons. The van der Waals surface area contributed by atoms with Crippen LogP contribution in [0.25, 0.3) is 10.6 Å². The molecular formula is C17H22N2O3S.